The van der Waals surface area contributed by atoms with E-state index in [1.54, 1.807) is 22.9 Å². The van der Waals surface area contributed by atoms with Crippen LogP contribution in [-0.2, 0) is 6.61 Å². The van der Waals surface area contributed by atoms with E-state index in [4.69, 9.17) is 23.2 Å². The molecule has 2 rings (SSSR count). The first-order chi connectivity index (χ1) is 8.04. The zero-order chi connectivity index (χ0) is 12.6. The highest BCUT2D eigenvalue weighted by Crippen LogP contribution is 2.26. The Morgan fingerprint density at radius 2 is 2.00 bits per heavy atom. The number of aliphatic hydroxyl groups is 1. The van der Waals surface area contributed by atoms with Crippen LogP contribution in [0.25, 0.3) is 5.69 Å². The van der Waals surface area contributed by atoms with Crippen LogP contribution in [0.5, 0.6) is 0 Å². The molecule has 0 aliphatic carbocycles. The van der Waals surface area contributed by atoms with Gasteiger partial charge in [0.1, 0.15) is 0 Å². The van der Waals surface area contributed by atoms with Crippen LogP contribution in [-0.4, -0.2) is 14.9 Å². The minimum absolute atomic E-state index is 0.0670. The third kappa shape index (κ3) is 2.18. The predicted octanol–water partition coefficient (Wildman–Crippen LogP) is 3.29. The van der Waals surface area contributed by atoms with E-state index in [1.807, 2.05) is 13.8 Å². The lowest BCUT2D eigenvalue weighted by atomic mass is 10.2. The van der Waals surface area contributed by atoms with Gasteiger partial charge in [0.15, 0.2) is 0 Å². The Labute approximate surface area is 110 Å². The summed E-state index contributed by atoms with van der Waals surface area (Å²) in [5.74, 6) is 0. The normalized spacial score (nSPS) is 10.9. The Morgan fingerprint density at radius 1 is 1.29 bits per heavy atom. The molecule has 0 aliphatic rings. The quantitative estimate of drug-likeness (QED) is 0.910. The molecule has 0 unspecified atom stereocenters. The van der Waals surface area contributed by atoms with E-state index in [-0.39, 0.29) is 6.61 Å². The molecule has 90 valence electrons. The number of aryl methyl sites for hydroxylation is 1. The molecule has 2 aromatic rings. The molecule has 0 atom stereocenters. The maximum Gasteiger partial charge on any atom is 0.0848 e. The summed E-state index contributed by atoms with van der Waals surface area (Å²) in [7, 11) is 0. The molecule has 0 amide bonds. The standard InChI is InChI=1S/C12H12Cl2N2O/c1-7-12(14)8(2)16(15-7)11-5-10(13)4-3-9(11)6-17/h3-5,17H,6H2,1-2H3. The Hall–Kier alpha value is -1.03. The predicted molar refractivity (Wildman–Crippen MR) is 69.0 cm³/mol. The third-order valence-corrected chi connectivity index (χ3v) is 3.43. The summed E-state index contributed by atoms with van der Waals surface area (Å²) in [5, 5.41) is 14.9. The van der Waals surface area contributed by atoms with E-state index in [0.29, 0.717) is 10.0 Å². The molecule has 1 aromatic heterocycles. The SMILES string of the molecule is Cc1nn(-c2cc(Cl)ccc2CO)c(C)c1Cl. The van der Waals surface area contributed by atoms with Crippen LogP contribution in [0.3, 0.4) is 0 Å². The molecular formula is C12H12Cl2N2O. The molecule has 1 aromatic carbocycles. The first-order valence-corrected chi connectivity index (χ1v) is 5.91. The van der Waals surface area contributed by atoms with Crippen LogP contribution in [0.15, 0.2) is 18.2 Å². The number of nitrogens with zero attached hydrogens (tertiary/aromatic N) is 2. The van der Waals surface area contributed by atoms with Crippen molar-refractivity contribution in [1.82, 2.24) is 9.78 Å². The summed E-state index contributed by atoms with van der Waals surface area (Å²) in [5.41, 5.74) is 3.11. The van der Waals surface area contributed by atoms with Gasteiger partial charge in [-0.3, -0.25) is 0 Å². The van der Waals surface area contributed by atoms with E-state index in [0.717, 1.165) is 22.6 Å². The summed E-state index contributed by atoms with van der Waals surface area (Å²) in [6.45, 7) is 3.65. The number of aliphatic hydroxyl groups excluding tert-OH is 1. The molecule has 1 heterocycles. The Kier molecular flexibility index (Phi) is 3.43. The van der Waals surface area contributed by atoms with Crippen molar-refractivity contribution in [3.05, 3.63) is 45.2 Å². The number of aromatic nitrogens is 2. The molecule has 0 spiro atoms. The molecule has 5 heteroatoms. The fourth-order valence-electron chi connectivity index (χ4n) is 1.73. The minimum atomic E-state index is -0.0670. The van der Waals surface area contributed by atoms with Gasteiger partial charge in [0.05, 0.1) is 28.7 Å². The molecular weight excluding hydrogens is 259 g/mol. The van der Waals surface area contributed by atoms with Crippen molar-refractivity contribution >= 4 is 23.2 Å². The van der Waals surface area contributed by atoms with Gasteiger partial charge in [-0.15, -0.1) is 0 Å². The Balaban J connectivity index is 2.67. The molecule has 1 N–H and O–H groups in total. The second-order valence-electron chi connectivity index (χ2n) is 3.83. The molecule has 0 saturated carbocycles. The second-order valence-corrected chi connectivity index (χ2v) is 4.64. The first-order valence-electron chi connectivity index (χ1n) is 5.16. The zero-order valence-corrected chi connectivity index (χ0v) is 11.0. The first kappa shape index (κ1) is 12.4. The van der Waals surface area contributed by atoms with Gasteiger partial charge in [-0.2, -0.15) is 5.10 Å². The lowest BCUT2D eigenvalue weighted by molar-refractivity contribution is 0.281. The number of hydrogen-bond donors (Lipinski definition) is 1. The van der Waals surface area contributed by atoms with Crippen LogP contribution in [0.1, 0.15) is 17.0 Å². The van der Waals surface area contributed by atoms with Crippen LogP contribution in [0.4, 0.5) is 0 Å². The molecule has 0 bridgehead atoms. The van der Waals surface area contributed by atoms with Crippen molar-refractivity contribution in [2.45, 2.75) is 20.5 Å². The van der Waals surface area contributed by atoms with Crippen molar-refractivity contribution in [3.8, 4) is 5.69 Å². The minimum Gasteiger partial charge on any atom is -0.392 e. The average molecular weight is 271 g/mol. The smallest absolute Gasteiger partial charge is 0.0848 e. The van der Waals surface area contributed by atoms with Crippen molar-refractivity contribution < 1.29 is 5.11 Å². The van der Waals surface area contributed by atoms with Crippen molar-refractivity contribution in [2.24, 2.45) is 0 Å². The van der Waals surface area contributed by atoms with Crippen LogP contribution in [0, 0.1) is 13.8 Å². The van der Waals surface area contributed by atoms with Gasteiger partial charge in [0.25, 0.3) is 0 Å². The lowest BCUT2D eigenvalue weighted by Gasteiger charge is -2.09. The maximum absolute atomic E-state index is 9.32. The van der Waals surface area contributed by atoms with Crippen LogP contribution in [0.2, 0.25) is 10.0 Å². The van der Waals surface area contributed by atoms with E-state index in [9.17, 15) is 5.11 Å². The zero-order valence-electron chi connectivity index (χ0n) is 9.54. The highest BCUT2D eigenvalue weighted by Gasteiger charge is 2.13. The molecule has 17 heavy (non-hydrogen) atoms. The van der Waals surface area contributed by atoms with Gasteiger partial charge in [-0.25, -0.2) is 4.68 Å². The summed E-state index contributed by atoms with van der Waals surface area (Å²) in [6.07, 6.45) is 0. The second kappa shape index (κ2) is 4.69. The van der Waals surface area contributed by atoms with Crippen molar-refractivity contribution in [2.75, 3.05) is 0 Å². The lowest BCUT2D eigenvalue weighted by Crippen LogP contribution is -2.03. The highest BCUT2D eigenvalue weighted by atomic mass is 35.5. The summed E-state index contributed by atoms with van der Waals surface area (Å²) < 4.78 is 1.70. The molecule has 0 aliphatic heterocycles. The topological polar surface area (TPSA) is 38.0 Å². The van der Waals surface area contributed by atoms with Gasteiger partial charge in [-0.05, 0) is 26.0 Å². The van der Waals surface area contributed by atoms with E-state index < -0.39 is 0 Å². The van der Waals surface area contributed by atoms with E-state index >= 15 is 0 Å². The van der Waals surface area contributed by atoms with Crippen molar-refractivity contribution in [1.29, 1.82) is 0 Å². The number of halogens is 2. The van der Waals surface area contributed by atoms with Gasteiger partial charge >= 0.3 is 0 Å². The molecule has 0 radical (unpaired) electrons. The van der Waals surface area contributed by atoms with Gasteiger partial charge in [-0.1, -0.05) is 29.3 Å². The molecule has 0 saturated heterocycles. The number of benzene rings is 1. The highest BCUT2D eigenvalue weighted by molar-refractivity contribution is 6.32. The molecule has 0 fully saturated rings. The molecule has 3 nitrogen and oxygen atoms in total. The van der Waals surface area contributed by atoms with Gasteiger partial charge in [0, 0.05) is 10.6 Å². The fraction of sp³-hybridized carbons (Fsp3) is 0.250. The van der Waals surface area contributed by atoms with E-state index in [2.05, 4.69) is 5.10 Å². The van der Waals surface area contributed by atoms with Gasteiger partial charge < -0.3 is 5.11 Å². The van der Waals surface area contributed by atoms with Crippen LogP contribution < -0.4 is 0 Å². The van der Waals surface area contributed by atoms with Gasteiger partial charge in [0.2, 0.25) is 0 Å². The summed E-state index contributed by atoms with van der Waals surface area (Å²) in [6, 6.07) is 5.29. The number of hydrogen-bond acceptors (Lipinski definition) is 2. The number of rotatable bonds is 2. The Bertz CT molecular complexity index is 564. The largest absolute Gasteiger partial charge is 0.392 e. The van der Waals surface area contributed by atoms with E-state index in [1.165, 1.54) is 0 Å². The maximum atomic E-state index is 9.32. The third-order valence-electron chi connectivity index (χ3n) is 2.65. The fourth-order valence-corrected chi connectivity index (χ4v) is 2.01. The Morgan fingerprint density at radius 3 is 2.53 bits per heavy atom. The van der Waals surface area contributed by atoms with Crippen LogP contribution >= 0.6 is 23.2 Å². The van der Waals surface area contributed by atoms with Crippen molar-refractivity contribution in [3.63, 3.8) is 0 Å². The summed E-state index contributed by atoms with van der Waals surface area (Å²) in [4.78, 5) is 0. The summed E-state index contributed by atoms with van der Waals surface area (Å²) >= 11 is 12.1. The average Bonchev–Trinajstić information content (AvgIpc) is 2.57. The monoisotopic (exact) mass is 270 g/mol.